The standard InChI is InChI=1S/C22H23N3O2/c1-16-10-12-25(13-11-16)22(26)15-27-18-8-6-17(7-9-18)21-14-23-19-4-2-3-5-20(19)24-21/h2-9,14,16H,10-13,15H2,1H3. The third-order valence-corrected chi connectivity index (χ3v) is 5.10. The van der Waals surface area contributed by atoms with Crippen LogP contribution in [-0.2, 0) is 4.79 Å². The Morgan fingerprint density at radius 2 is 1.78 bits per heavy atom. The zero-order valence-corrected chi connectivity index (χ0v) is 15.5. The normalized spacial score (nSPS) is 15.1. The molecule has 2 aromatic carbocycles. The van der Waals surface area contributed by atoms with E-state index in [1.54, 1.807) is 6.20 Å². The van der Waals surface area contributed by atoms with Crippen molar-refractivity contribution in [2.75, 3.05) is 19.7 Å². The molecule has 4 rings (SSSR count). The summed E-state index contributed by atoms with van der Waals surface area (Å²) in [5.74, 6) is 1.46. The van der Waals surface area contributed by atoms with Crippen molar-refractivity contribution in [3.05, 3.63) is 54.7 Å². The van der Waals surface area contributed by atoms with Gasteiger partial charge < -0.3 is 9.64 Å². The number of aromatic nitrogens is 2. The molecular weight excluding hydrogens is 338 g/mol. The Balaban J connectivity index is 1.39. The molecule has 1 saturated heterocycles. The van der Waals surface area contributed by atoms with Gasteiger partial charge >= 0.3 is 0 Å². The van der Waals surface area contributed by atoms with Crippen LogP contribution in [0, 0.1) is 5.92 Å². The Bertz CT molecular complexity index is 932. The zero-order valence-electron chi connectivity index (χ0n) is 15.5. The molecule has 0 N–H and O–H groups in total. The lowest BCUT2D eigenvalue weighted by Crippen LogP contribution is -2.40. The van der Waals surface area contributed by atoms with Gasteiger partial charge in [0, 0.05) is 18.7 Å². The van der Waals surface area contributed by atoms with E-state index >= 15 is 0 Å². The summed E-state index contributed by atoms with van der Waals surface area (Å²) in [4.78, 5) is 23.3. The Morgan fingerprint density at radius 3 is 2.52 bits per heavy atom. The van der Waals surface area contributed by atoms with Crippen molar-refractivity contribution in [2.24, 2.45) is 5.92 Å². The van der Waals surface area contributed by atoms with Gasteiger partial charge in [-0.2, -0.15) is 0 Å². The number of benzene rings is 2. The Hall–Kier alpha value is -2.95. The number of rotatable bonds is 4. The highest BCUT2D eigenvalue weighted by atomic mass is 16.5. The molecule has 3 aromatic rings. The molecule has 0 unspecified atom stereocenters. The largest absolute Gasteiger partial charge is 0.484 e. The number of piperidine rings is 1. The van der Waals surface area contributed by atoms with Crippen LogP contribution in [0.5, 0.6) is 5.75 Å². The SMILES string of the molecule is CC1CCN(C(=O)COc2ccc(-c3cnc4ccccc4n3)cc2)CC1. The molecule has 0 atom stereocenters. The zero-order chi connectivity index (χ0) is 18.6. The summed E-state index contributed by atoms with van der Waals surface area (Å²) < 4.78 is 5.68. The smallest absolute Gasteiger partial charge is 0.260 e. The number of fused-ring (bicyclic) bond motifs is 1. The number of nitrogens with zero attached hydrogens (tertiary/aromatic N) is 3. The quantitative estimate of drug-likeness (QED) is 0.706. The molecule has 0 saturated carbocycles. The fraction of sp³-hybridized carbons (Fsp3) is 0.318. The topological polar surface area (TPSA) is 55.3 Å². The first-order valence-electron chi connectivity index (χ1n) is 9.42. The van der Waals surface area contributed by atoms with Gasteiger partial charge in [-0.1, -0.05) is 19.1 Å². The number of hydrogen-bond acceptors (Lipinski definition) is 4. The number of ether oxygens (including phenoxy) is 1. The molecule has 5 nitrogen and oxygen atoms in total. The van der Waals surface area contributed by atoms with Crippen LogP contribution in [0.15, 0.2) is 54.7 Å². The van der Waals surface area contributed by atoms with Crippen LogP contribution in [0.4, 0.5) is 0 Å². The molecule has 2 heterocycles. The van der Waals surface area contributed by atoms with Gasteiger partial charge in [-0.05, 0) is 55.2 Å². The van der Waals surface area contributed by atoms with Crippen molar-refractivity contribution in [3.63, 3.8) is 0 Å². The Kier molecular flexibility index (Phi) is 5.01. The predicted octanol–water partition coefficient (Wildman–Crippen LogP) is 3.93. The van der Waals surface area contributed by atoms with E-state index in [4.69, 9.17) is 4.74 Å². The number of carbonyl (C=O) groups excluding carboxylic acids is 1. The van der Waals surface area contributed by atoms with Crippen LogP contribution in [0.2, 0.25) is 0 Å². The van der Waals surface area contributed by atoms with E-state index in [-0.39, 0.29) is 12.5 Å². The van der Waals surface area contributed by atoms with Crippen molar-refractivity contribution < 1.29 is 9.53 Å². The summed E-state index contributed by atoms with van der Waals surface area (Å²) in [6.45, 7) is 4.00. The molecule has 1 fully saturated rings. The van der Waals surface area contributed by atoms with Crippen LogP contribution < -0.4 is 4.74 Å². The lowest BCUT2D eigenvalue weighted by molar-refractivity contribution is -0.134. The maximum absolute atomic E-state index is 12.3. The minimum Gasteiger partial charge on any atom is -0.484 e. The number of para-hydroxylation sites is 2. The maximum Gasteiger partial charge on any atom is 0.260 e. The van der Waals surface area contributed by atoms with Gasteiger partial charge in [0.2, 0.25) is 0 Å². The monoisotopic (exact) mass is 361 g/mol. The van der Waals surface area contributed by atoms with Crippen LogP contribution >= 0.6 is 0 Å². The van der Waals surface area contributed by atoms with Gasteiger partial charge in [0.25, 0.3) is 5.91 Å². The van der Waals surface area contributed by atoms with E-state index in [2.05, 4.69) is 16.9 Å². The minimum absolute atomic E-state index is 0.0615. The van der Waals surface area contributed by atoms with E-state index in [0.717, 1.165) is 48.2 Å². The molecule has 1 aliphatic heterocycles. The van der Waals surface area contributed by atoms with Gasteiger partial charge in [-0.15, -0.1) is 0 Å². The highest BCUT2D eigenvalue weighted by Crippen LogP contribution is 2.22. The van der Waals surface area contributed by atoms with Crippen molar-refractivity contribution in [1.29, 1.82) is 0 Å². The third kappa shape index (κ3) is 4.08. The van der Waals surface area contributed by atoms with Crippen LogP contribution in [-0.4, -0.2) is 40.5 Å². The van der Waals surface area contributed by atoms with Crippen molar-refractivity contribution in [3.8, 4) is 17.0 Å². The highest BCUT2D eigenvalue weighted by molar-refractivity contribution is 5.78. The average Bonchev–Trinajstić information content (AvgIpc) is 2.72. The van der Waals surface area contributed by atoms with Crippen LogP contribution in [0.1, 0.15) is 19.8 Å². The number of likely N-dealkylation sites (tertiary alicyclic amines) is 1. The number of amides is 1. The highest BCUT2D eigenvalue weighted by Gasteiger charge is 2.20. The molecule has 138 valence electrons. The molecule has 1 aliphatic rings. The van der Waals surface area contributed by atoms with Crippen LogP contribution in [0.25, 0.3) is 22.3 Å². The Labute approximate surface area is 159 Å². The Morgan fingerprint density at radius 1 is 1.07 bits per heavy atom. The average molecular weight is 361 g/mol. The van der Waals surface area contributed by atoms with E-state index < -0.39 is 0 Å². The van der Waals surface area contributed by atoms with Gasteiger partial charge in [0.15, 0.2) is 6.61 Å². The van der Waals surface area contributed by atoms with Crippen molar-refractivity contribution >= 4 is 16.9 Å². The summed E-state index contributed by atoms with van der Waals surface area (Å²) in [6, 6.07) is 15.4. The molecule has 1 aromatic heterocycles. The number of carbonyl (C=O) groups is 1. The molecule has 0 spiro atoms. The first kappa shape index (κ1) is 17.5. The number of hydrogen-bond donors (Lipinski definition) is 0. The lowest BCUT2D eigenvalue weighted by atomic mass is 9.99. The summed E-state index contributed by atoms with van der Waals surface area (Å²) in [5.41, 5.74) is 3.54. The maximum atomic E-state index is 12.3. The van der Waals surface area contributed by atoms with Crippen molar-refractivity contribution in [2.45, 2.75) is 19.8 Å². The molecular formula is C22H23N3O2. The predicted molar refractivity (Wildman–Crippen MR) is 105 cm³/mol. The fourth-order valence-electron chi connectivity index (χ4n) is 3.31. The molecule has 0 radical (unpaired) electrons. The molecule has 1 amide bonds. The molecule has 0 aliphatic carbocycles. The lowest BCUT2D eigenvalue weighted by Gasteiger charge is -2.30. The molecule has 0 bridgehead atoms. The summed E-state index contributed by atoms with van der Waals surface area (Å²) in [7, 11) is 0. The van der Waals surface area contributed by atoms with Gasteiger partial charge in [0.05, 0.1) is 22.9 Å². The first-order valence-corrected chi connectivity index (χ1v) is 9.42. The van der Waals surface area contributed by atoms with E-state index in [9.17, 15) is 4.79 Å². The molecule has 27 heavy (non-hydrogen) atoms. The second-order valence-corrected chi connectivity index (χ2v) is 7.12. The van der Waals surface area contributed by atoms with E-state index in [1.165, 1.54) is 0 Å². The van der Waals surface area contributed by atoms with Gasteiger partial charge in [-0.25, -0.2) is 4.98 Å². The summed E-state index contributed by atoms with van der Waals surface area (Å²) in [5, 5.41) is 0. The minimum atomic E-state index is 0.0615. The van der Waals surface area contributed by atoms with Crippen LogP contribution in [0.3, 0.4) is 0 Å². The third-order valence-electron chi connectivity index (χ3n) is 5.10. The second kappa shape index (κ2) is 7.74. The van der Waals surface area contributed by atoms with E-state index in [0.29, 0.717) is 11.7 Å². The summed E-state index contributed by atoms with van der Waals surface area (Å²) in [6.07, 6.45) is 3.93. The first-order chi connectivity index (χ1) is 13.2. The van der Waals surface area contributed by atoms with Crippen molar-refractivity contribution in [1.82, 2.24) is 14.9 Å². The molecule has 5 heteroatoms. The van der Waals surface area contributed by atoms with Gasteiger partial charge in [0.1, 0.15) is 5.75 Å². The summed E-state index contributed by atoms with van der Waals surface area (Å²) >= 11 is 0. The fourth-order valence-corrected chi connectivity index (χ4v) is 3.31. The van der Waals surface area contributed by atoms with E-state index in [1.807, 2.05) is 53.4 Å². The second-order valence-electron chi connectivity index (χ2n) is 7.12. The van der Waals surface area contributed by atoms with Gasteiger partial charge in [-0.3, -0.25) is 9.78 Å².